The van der Waals surface area contributed by atoms with Crippen molar-refractivity contribution < 1.29 is 8.42 Å². The van der Waals surface area contributed by atoms with Crippen molar-refractivity contribution in [3.8, 4) is 11.3 Å². The van der Waals surface area contributed by atoms with E-state index in [2.05, 4.69) is 19.9 Å². The zero-order valence-corrected chi connectivity index (χ0v) is 17.3. The molecule has 1 saturated heterocycles. The Morgan fingerprint density at radius 3 is 2.48 bits per heavy atom. The molecule has 1 aliphatic heterocycles. The minimum absolute atomic E-state index is 0.214. The van der Waals surface area contributed by atoms with Gasteiger partial charge >= 0.3 is 0 Å². The fourth-order valence-electron chi connectivity index (χ4n) is 3.03. The van der Waals surface area contributed by atoms with Crippen molar-refractivity contribution in [2.75, 3.05) is 49.6 Å². The quantitative estimate of drug-likeness (QED) is 0.624. The number of benzene rings is 1. The number of fused-ring (bicyclic) bond motifs is 1. The molecule has 4 rings (SSSR count). The van der Waals surface area contributed by atoms with Crippen LogP contribution in [-0.2, 0) is 9.84 Å². The van der Waals surface area contributed by atoms with Crippen LogP contribution in [0.4, 0.5) is 5.13 Å². The average molecular weight is 426 g/mol. The summed E-state index contributed by atoms with van der Waals surface area (Å²) in [6.45, 7) is 3.95. The Morgan fingerprint density at radius 2 is 1.85 bits per heavy atom. The normalized spacial score (nSPS) is 16.3. The number of imidazole rings is 1. The molecule has 0 unspecified atom stereocenters. The summed E-state index contributed by atoms with van der Waals surface area (Å²) in [6.07, 6.45) is 3.22. The van der Waals surface area contributed by atoms with Crippen LogP contribution < -0.4 is 4.90 Å². The molecule has 3 aromatic rings. The number of sulfone groups is 1. The summed E-state index contributed by atoms with van der Waals surface area (Å²) in [5, 5.41) is 6.32. The molecule has 0 atom stereocenters. The maximum atomic E-state index is 11.3. The second kappa shape index (κ2) is 7.38. The number of hydrogen-bond acceptors (Lipinski definition) is 7. The zero-order chi connectivity index (χ0) is 19.0. The van der Waals surface area contributed by atoms with Crippen molar-refractivity contribution >= 4 is 42.9 Å². The van der Waals surface area contributed by atoms with Crippen LogP contribution in [-0.4, -0.2) is 72.6 Å². The summed E-state index contributed by atoms with van der Waals surface area (Å²) >= 11 is 7.51. The lowest BCUT2D eigenvalue weighted by molar-refractivity contribution is 0.272. The van der Waals surface area contributed by atoms with E-state index in [1.54, 1.807) is 11.3 Å². The Balaban J connectivity index is 1.42. The molecule has 144 valence electrons. The maximum absolute atomic E-state index is 11.3. The highest BCUT2D eigenvalue weighted by atomic mass is 35.5. The van der Waals surface area contributed by atoms with Crippen molar-refractivity contribution in [3.05, 3.63) is 35.5 Å². The van der Waals surface area contributed by atoms with E-state index in [9.17, 15) is 8.42 Å². The molecule has 10 heteroatoms. The molecule has 1 aliphatic rings. The number of anilines is 1. The van der Waals surface area contributed by atoms with Crippen LogP contribution in [0.25, 0.3) is 16.2 Å². The monoisotopic (exact) mass is 425 g/mol. The number of nitrogens with zero attached hydrogens (tertiary/aromatic N) is 5. The van der Waals surface area contributed by atoms with Crippen molar-refractivity contribution in [3.63, 3.8) is 0 Å². The van der Waals surface area contributed by atoms with Gasteiger partial charge in [0.1, 0.15) is 9.84 Å². The molecular weight excluding hydrogens is 406 g/mol. The molecule has 0 saturated carbocycles. The van der Waals surface area contributed by atoms with Gasteiger partial charge in [-0.1, -0.05) is 35.1 Å². The topological polar surface area (TPSA) is 70.8 Å². The summed E-state index contributed by atoms with van der Waals surface area (Å²) in [5.74, 6) is 0.214. The molecule has 0 amide bonds. The van der Waals surface area contributed by atoms with Gasteiger partial charge in [0.15, 0.2) is 0 Å². The first-order valence-electron chi connectivity index (χ1n) is 8.64. The van der Waals surface area contributed by atoms with Gasteiger partial charge in [-0.05, 0) is 12.1 Å². The lowest BCUT2D eigenvalue weighted by Crippen LogP contribution is -2.47. The minimum Gasteiger partial charge on any atom is -0.344 e. The van der Waals surface area contributed by atoms with Gasteiger partial charge < -0.3 is 4.90 Å². The molecular formula is C17H20ClN5O2S2. The van der Waals surface area contributed by atoms with Crippen LogP contribution in [0.1, 0.15) is 0 Å². The van der Waals surface area contributed by atoms with Crippen molar-refractivity contribution in [1.29, 1.82) is 0 Å². The van der Waals surface area contributed by atoms with Crippen molar-refractivity contribution in [2.24, 2.45) is 0 Å². The first kappa shape index (κ1) is 18.7. The lowest BCUT2D eigenvalue weighted by Gasteiger charge is -2.34. The molecule has 0 N–H and O–H groups in total. The van der Waals surface area contributed by atoms with Crippen LogP contribution in [0.15, 0.2) is 30.5 Å². The fraction of sp³-hybridized carbons (Fsp3) is 0.412. The number of piperazine rings is 1. The Bertz CT molecular complexity index is 1010. The lowest BCUT2D eigenvalue weighted by atomic mass is 10.2. The first-order valence-corrected chi connectivity index (χ1v) is 11.9. The van der Waals surface area contributed by atoms with E-state index in [0.29, 0.717) is 11.6 Å². The Kier molecular flexibility index (Phi) is 5.11. The van der Waals surface area contributed by atoms with Crippen LogP contribution in [0.2, 0.25) is 5.02 Å². The third kappa shape index (κ3) is 4.43. The smallest absolute Gasteiger partial charge is 0.214 e. The highest BCUT2D eigenvalue weighted by Crippen LogP contribution is 2.27. The number of hydrogen-bond donors (Lipinski definition) is 0. The highest BCUT2D eigenvalue weighted by Gasteiger charge is 2.21. The van der Waals surface area contributed by atoms with E-state index in [0.717, 1.165) is 47.5 Å². The largest absolute Gasteiger partial charge is 0.344 e. The van der Waals surface area contributed by atoms with Gasteiger partial charge in [0.05, 0.1) is 17.6 Å². The molecule has 0 bridgehead atoms. The summed E-state index contributed by atoms with van der Waals surface area (Å²) in [6, 6.07) is 7.61. The van der Waals surface area contributed by atoms with Crippen LogP contribution in [0.5, 0.6) is 0 Å². The van der Waals surface area contributed by atoms with E-state index in [1.807, 2.05) is 35.0 Å². The van der Waals surface area contributed by atoms with E-state index in [-0.39, 0.29) is 5.75 Å². The molecule has 27 heavy (non-hydrogen) atoms. The van der Waals surface area contributed by atoms with E-state index >= 15 is 0 Å². The van der Waals surface area contributed by atoms with Gasteiger partial charge in [-0.2, -0.15) is 0 Å². The molecule has 3 heterocycles. The second-order valence-electron chi connectivity index (χ2n) is 6.70. The maximum Gasteiger partial charge on any atom is 0.214 e. The predicted molar refractivity (Wildman–Crippen MR) is 110 cm³/mol. The molecule has 0 aliphatic carbocycles. The van der Waals surface area contributed by atoms with Gasteiger partial charge in [0.25, 0.3) is 0 Å². The van der Waals surface area contributed by atoms with Gasteiger partial charge in [0, 0.05) is 49.6 Å². The molecule has 1 fully saturated rings. The Morgan fingerprint density at radius 1 is 1.15 bits per heavy atom. The third-order valence-electron chi connectivity index (χ3n) is 4.59. The van der Waals surface area contributed by atoms with E-state index in [1.165, 1.54) is 6.26 Å². The molecule has 0 spiro atoms. The van der Waals surface area contributed by atoms with Crippen molar-refractivity contribution in [1.82, 2.24) is 19.5 Å². The average Bonchev–Trinajstić information content (AvgIpc) is 3.19. The van der Waals surface area contributed by atoms with Crippen LogP contribution in [0, 0.1) is 0 Å². The summed E-state index contributed by atoms with van der Waals surface area (Å²) in [7, 11) is -2.91. The van der Waals surface area contributed by atoms with Crippen LogP contribution >= 0.6 is 22.9 Å². The molecule has 2 aromatic heterocycles. The predicted octanol–water partition coefficient (Wildman–Crippen LogP) is 2.28. The number of aromatic nitrogens is 3. The highest BCUT2D eigenvalue weighted by molar-refractivity contribution is 7.90. The van der Waals surface area contributed by atoms with E-state index < -0.39 is 9.84 Å². The number of halogens is 1. The third-order valence-corrected chi connectivity index (χ3v) is 6.75. The van der Waals surface area contributed by atoms with Gasteiger partial charge in [-0.3, -0.25) is 4.90 Å². The Hall–Kier alpha value is -1.68. The fourth-order valence-corrected chi connectivity index (χ4v) is 4.69. The molecule has 0 radical (unpaired) electrons. The van der Waals surface area contributed by atoms with Crippen LogP contribution in [0.3, 0.4) is 0 Å². The minimum atomic E-state index is -2.91. The molecule has 7 nitrogen and oxygen atoms in total. The zero-order valence-electron chi connectivity index (χ0n) is 14.9. The Labute approximate surface area is 167 Å². The van der Waals surface area contributed by atoms with E-state index in [4.69, 9.17) is 11.6 Å². The summed E-state index contributed by atoms with van der Waals surface area (Å²) in [5.41, 5.74) is 1.89. The standard InChI is InChI=1S/C17H20ClN5O2S2/c1-27(24,25)11-10-21-6-8-22(9-7-21)17-20-23-12-15(19-16(23)26-17)13-2-4-14(18)5-3-13/h2-5,12H,6-11H2,1H3. The van der Waals surface area contributed by atoms with Gasteiger partial charge in [-0.25, -0.2) is 17.9 Å². The molecule has 1 aromatic carbocycles. The van der Waals surface area contributed by atoms with Gasteiger partial charge in [-0.15, -0.1) is 5.10 Å². The summed E-state index contributed by atoms with van der Waals surface area (Å²) < 4.78 is 24.4. The number of rotatable bonds is 5. The summed E-state index contributed by atoms with van der Waals surface area (Å²) in [4.78, 5) is 9.95. The van der Waals surface area contributed by atoms with Gasteiger partial charge in [0.2, 0.25) is 10.1 Å². The second-order valence-corrected chi connectivity index (χ2v) is 10.3. The first-order chi connectivity index (χ1) is 12.9. The SMILES string of the molecule is CS(=O)(=O)CCN1CCN(c2nn3cc(-c4ccc(Cl)cc4)nc3s2)CC1. The van der Waals surface area contributed by atoms with Crippen molar-refractivity contribution in [2.45, 2.75) is 0 Å².